The highest BCUT2D eigenvalue weighted by Gasteiger charge is 2.30. The Kier molecular flexibility index (Phi) is 4.12. The molecule has 0 bridgehead atoms. The number of carbonyl (C=O) groups is 2. The van der Waals surface area contributed by atoms with E-state index in [1.54, 1.807) is 12.2 Å². The van der Waals surface area contributed by atoms with Gasteiger partial charge in [-0.2, -0.15) is 0 Å². The van der Waals surface area contributed by atoms with Crippen molar-refractivity contribution in [1.82, 2.24) is 0 Å². The fraction of sp³-hybridized carbons (Fsp3) is 0.286. The van der Waals surface area contributed by atoms with Gasteiger partial charge in [0.15, 0.2) is 0 Å². The Labute approximate surface area is 114 Å². The van der Waals surface area contributed by atoms with Crippen LogP contribution in [0, 0.1) is 23.5 Å². The van der Waals surface area contributed by atoms with Crippen molar-refractivity contribution in [3.05, 3.63) is 42.0 Å². The van der Waals surface area contributed by atoms with Crippen molar-refractivity contribution in [2.45, 2.75) is 12.8 Å². The highest BCUT2D eigenvalue weighted by Crippen LogP contribution is 2.27. The molecule has 0 spiro atoms. The molecule has 6 heteroatoms. The molecule has 0 heterocycles. The van der Waals surface area contributed by atoms with Gasteiger partial charge in [0, 0.05) is 18.0 Å². The summed E-state index contributed by atoms with van der Waals surface area (Å²) in [5, 5.41) is 13.3. The second-order valence-corrected chi connectivity index (χ2v) is 4.59. The second kappa shape index (κ2) is 5.81. The van der Waals surface area contributed by atoms with Crippen molar-refractivity contribution in [2.24, 2.45) is 11.8 Å². The van der Waals surface area contributed by atoms with Crippen LogP contribution >= 0.6 is 0 Å². The standard InChI is InChI=1S/C14H13F2NO3/c15-8-5-6-12(11(16)7-8)17-13(18)9-3-1-2-4-10(9)14(19)20/h1-2,5-7,9-10H,3-4H2,(H,17,18)(H,19,20)/p-1. The van der Waals surface area contributed by atoms with Crippen LogP contribution in [0.1, 0.15) is 12.8 Å². The molecule has 4 nitrogen and oxygen atoms in total. The summed E-state index contributed by atoms with van der Waals surface area (Å²) >= 11 is 0. The topological polar surface area (TPSA) is 69.2 Å². The van der Waals surface area contributed by atoms with Crippen LogP contribution in [-0.2, 0) is 9.59 Å². The second-order valence-electron chi connectivity index (χ2n) is 4.59. The molecule has 0 fully saturated rings. The van der Waals surface area contributed by atoms with E-state index in [0.717, 1.165) is 12.1 Å². The predicted molar refractivity (Wildman–Crippen MR) is 65.3 cm³/mol. The molecule has 2 rings (SSSR count). The van der Waals surface area contributed by atoms with E-state index < -0.39 is 35.3 Å². The van der Waals surface area contributed by atoms with Crippen LogP contribution in [-0.4, -0.2) is 11.9 Å². The lowest BCUT2D eigenvalue weighted by Crippen LogP contribution is -2.41. The lowest BCUT2D eigenvalue weighted by atomic mass is 9.82. The molecular weight excluding hydrogens is 268 g/mol. The Morgan fingerprint density at radius 1 is 1.15 bits per heavy atom. The largest absolute Gasteiger partial charge is 0.550 e. The van der Waals surface area contributed by atoms with Crippen LogP contribution < -0.4 is 10.4 Å². The minimum Gasteiger partial charge on any atom is -0.550 e. The molecule has 0 aromatic heterocycles. The van der Waals surface area contributed by atoms with Crippen LogP contribution in [0.15, 0.2) is 30.4 Å². The van der Waals surface area contributed by atoms with Crippen molar-refractivity contribution in [3.8, 4) is 0 Å². The summed E-state index contributed by atoms with van der Waals surface area (Å²) in [4.78, 5) is 23.0. The molecular formula is C14H12F2NO3-. The summed E-state index contributed by atoms with van der Waals surface area (Å²) in [6, 6.07) is 2.75. The maximum absolute atomic E-state index is 13.4. The van der Waals surface area contributed by atoms with E-state index in [9.17, 15) is 23.5 Å². The van der Waals surface area contributed by atoms with Gasteiger partial charge in [0.25, 0.3) is 0 Å². The number of rotatable bonds is 3. The fourth-order valence-electron chi connectivity index (χ4n) is 2.18. The summed E-state index contributed by atoms with van der Waals surface area (Å²) < 4.78 is 26.2. The van der Waals surface area contributed by atoms with Crippen LogP contribution in [0.5, 0.6) is 0 Å². The molecule has 1 amide bonds. The quantitative estimate of drug-likeness (QED) is 0.847. The van der Waals surface area contributed by atoms with E-state index in [0.29, 0.717) is 6.07 Å². The number of carboxylic acid groups (broad SMARTS) is 1. The highest BCUT2D eigenvalue weighted by atomic mass is 19.1. The van der Waals surface area contributed by atoms with E-state index in [2.05, 4.69) is 5.32 Å². The van der Waals surface area contributed by atoms with E-state index >= 15 is 0 Å². The van der Waals surface area contributed by atoms with Crippen LogP contribution in [0.3, 0.4) is 0 Å². The molecule has 1 aliphatic rings. The van der Waals surface area contributed by atoms with E-state index in [1.807, 2.05) is 0 Å². The summed E-state index contributed by atoms with van der Waals surface area (Å²) in [7, 11) is 0. The monoisotopic (exact) mass is 280 g/mol. The smallest absolute Gasteiger partial charge is 0.228 e. The number of carboxylic acids is 1. The highest BCUT2D eigenvalue weighted by molar-refractivity contribution is 5.95. The van der Waals surface area contributed by atoms with Gasteiger partial charge in [-0.25, -0.2) is 8.78 Å². The van der Waals surface area contributed by atoms with Gasteiger partial charge in [-0.15, -0.1) is 0 Å². The summed E-state index contributed by atoms with van der Waals surface area (Å²) in [6.07, 6.45) is 3.81. The van der Waals surface area contributed by atoms with E-state index in [4.69, 9.17) is 0 Å². The zero-order chi connectivity index (χ0) is 14.7. The molecule has 1 N–H and O–H groups in total. The number of hydrogen-bond donors (Lipinski definition) is 1. The maximum Gasteiger partial charge on any atom is 0.228 e. The molecule has 0 saturated heterocycles. The van der Waals surface area contributed by atoms with Crippen LogP contribution in [0.25, 0.3) is 0 Å². The SMILES string of the molecule is O=C([O-])C1CC=CCC1C(=O)Nc1ccc(F)cc1F. The predicted octanol–water partition coefficient (Wildman–Crippen LogP) is 1.24. The molecule has 20 heavy (non-hydrogen) atoms. The van der Waals surface area contributed by atoms with Gasteiger partial charge in [-0.1, -0.05) is 12.2 Å². The van der Waals surface area contributed by atoms with Gasteiger partial charge in [0.05, 0.1) is 11.6 Å². The zero-order valence-corrected chi connectivity index (χ0v) is 10.4. The number of carbonyl (C=O) groups excluding carboxylic acids is 2. The normalized spacial score (nSPS) is 21.5. The van der Waals surface area contributed by atoms with Gasteiger partial charge >= 0.3 is 0 Å². The molecule has 1 aromatic rings. The van der Waals surface area contributed by atoms with Gasteiger partial charge in [-0.3, -0.25) is 4.79 Å². The number of amides is 1. The summed E-state index contributed by atoms with van der Waals surface area (Å²) in [5.74, 6) is -5.36. The third-order valence-electron chi connectivity index (χ3n) is 3.26. The molecule has 1 aromatic carbocycles. The van der Waals surface area contributed by atoms with Gasteiger partial charge in [-0.05, 0) is 25.0 Å². The maximum atomic E-state index is 13.4. The Bertz CT molecular complexity index is 572. The number of nitrogens with one attached hydrogen (secondary N) is 1. The molecule has 2 atom stereocenters. The third-order valence-corrected chi connectivity index (χ3v) is 3.26. The first-order valence-corrected chi connectivity index (χ1v) is 6.11. The molecule has 1 aliphatic carbocycles. The third kappa shape index (κ3) is 3.01. The number of benzene rings is 1. The van der Waals surface area contributed by atoms with E-state index in [-0.39, 0.29) is 18.5 Å². The Morgan fingerprint density at radius 2 is 1.80 bits per heavy atom. The summed E-state index contributed by atoms with van der Waals surface area (Å²) in [5.41, 5.74) is -0.178. The first kappa shape index (κ1) is 14.2. The average molecular weight is 280 g/mol. The minimum absolute atomic E-state index is 0.178. The first-order valence-electron chi connectivity index (χ1n) is 6.11. The van der Waals surface area contributed by atoms with Crippen molar-refractivity contribution < 1.29 is 23.5 Å². The van der Waals surface area contributed by atoms with Crippen LogP contribution in [0.4, 0.5) is 14.5 Å². The Morgan fingerprint density at radius 3 is 2.40 bits per heavy atom. The zero-order valence-electron chi connectivity index (χ0n) is 10.4. The lowest BCUT2D eigenvalue weighted by Gasteiger charge is -2.28. The van der Waals surface area contributed by atoms with Crippen LogP contribution in [0.2, 0.25) is 0 Å². The molecule has 0 aliphatic heterocycles. The Hall–Kier alpha value is -2.24. The van der Waals surface area contributed by atoms with Gasteiger partial charge in [0.1, 0.15) is 11.6 Å². The molecule has 0 saturated carbocycles. The van der Waals surface area contributed by atoms with E-state index in [1.165, 1.54) is 0 Å². The lowest BCUT2D eigenvalue weighted by molar-refractivity contribution is -0.313. The summed E-state index contributed by atoms with van der Waals surface area (Å²) in [6.45, 7) is 0. The average Bonchev–Trinajstić information content (AvgIpc) is 2.41. The number of anilines is 1. The molecule has 106 valence electrons. The van der Waals surface area contributed by atoms with Crippen molar-refractivity contribution in [2.75, 3.05) is 5.32 Å². The van der Waals surface area contributed by atoms with Crippen molar-refractivity contribution in [1.29, 1.82) is 0 Å². The number of halogens is 2. The van der Waals surface area contributed by atoms with Crippen molar-refractivity contribution >= 4 is 17.6 Å². The number of aliphatic carboxylic acids is 1. The Balaban J connectivity index is 2.14. The number of allylic oxidation sites excluding steroid dienone is 2. The molecule has 0 radical (unpaired) electrons. The minimum atomic E-state index is -1.31. The first-order chi connectivity index (χ1) is 9.49. The number of hydrogen-bond acceptors (Lipinski definition) is 3. The molecule has 2 unspecified atom stereocenters. The fourth-order valence-corrected chi connectivity index (χ4v) is 2.18. The van der Waals surface area contributed by atoms with Gasteiger partial charge in [0.2, 0.25) is 5.91 Å². The van der Waals surface area contributed by atoms with Gasteiger partial charge < -0.3 is 15.2 Å². The van der Waals surface area contributed by atoms with Crippen molar-refractivity contribution in [3.63, 3.8) is 0 Å².